The van der Waals surface area contributed by atoms with Gasteiger partial charge in [0, 0.05) is 25.3 Å². The van der Waals surface area contributed by atoms with E-state index in [1.54, 1.807) is 14.1 Å². The third kappa shape index (κ3) is 3.35. The van der Waals surface area contributed by atoms with E-state index in [4.69, 9.17) is 5.73 Å². The fourth-order valence-electron chi connectivity index (χ4n) is 1.21. The number of amides is 1. The number of hydrazine groups is 1. The number of hydrogen-bond acceptors (Lipinski definition) is 3. The Hall–Kier alpha value is -1.76. The van der Waals surface area contributed by atoms with Crippen LogP contribution in [0.1, 0.15) is 15.9 Å². The van der Waals surface area contributed by atoms with Crippen LogP contribution in [0.2, 0.25) is 0 Å². The van der Waals surface area contributed by atoms with E-state index in [1.807, 2.05) is 0 Å². The van der Waals surface area contributed by atoms with Crippen LogP contribution in [0.4, 0.5) is 18.9 Å². The molecule has 1 aromatic carbocycles. The molecule has 17 heavy (non-hydrogen) atoms. The smallest absolute Gasteiger partial charge is 0.398 e. The van der Waals surface area contributed by atoms with Crippen LogP contribution in [-0.2, 0) is 6.18 Å². The summed E-state index contributed by atoms with van der Waals surface area (Å²) in [5, 5.41) is 1.34. The Labute approximate surface area is 96.2 Å². The van der Waals surface area contributed by atoms with Gasteiger partial charge in [-0.05, 0) is 18.2 Å². The number of nitrogen functional groups attached to an aromatic ring is 1. The van der Waals surface area contributed by atoms with E-state index in [2.05, 4.69) is 5.43 Å². The van der Waals surface area contributed by atoms with Crippen LogP contribution in [-0.4, -0.2) is 25.0 Å². The van der Waals surface area contributed by atoms with Crippen LogP contribution in [0.25, 0.3) is 0 Å². The van der Waals surface area contributed by atoms with Crippen molar-refractivity contribution >= 4 is 11.6 Å². The van der Waals surface area contributed by atoms with E-state index >= 15 is 0 Å². The average Bonchev–Trinajstić information content (AvgIpc) is 2.15. The first-order chi connectivity index (χ1) is 7.71. The summed E-state index contributed by atoms with van der Waals surface area (Å²) < 4.78 is 37.6. The Bertz CT molecular complexity index is 429. The van der Waals surface area contributed by atoms with Gasteiger partial charge in [-0.1, -0.05) is 0 Å². The van der Waals surface area contributed by atoms with Crippen LogP contribution in [0.5, 0.6) is 0 Å². The van der Waals surface area contributed by atoms with Gasteiger partial charge in [0.25, 0.3) is 5.91 Å². The number of alkyl halides is 3. The van der Waals surface area contributed by atoms with E-state index in [-0.39, 0.29) is 5.56 Å². The van der Waals surface area contributed by atoms with Crippen LogP contribution >= 0.6 is 0 Å². The number of benzene rings is 1. The Balaban J connectivity index is 3.09. The molecule has 0 fully saturated rings. The highest BCUT2D eigenvalue weighted by molar-refractivity contribution is 5.94. The molecule has 0 aliphatic heterocycles. The van der Waals surface area contributed by atoms with Crippen molar-refractivity contribution in [1.82, 2.24) is 10.4 Å². The third-order valence-corrected chi connectivity index (χ3v) is 1.95. The zero-order valence-electron chi connectivity index (χ0n) is 9.30. The van der Waals surface area contributed by atoms with Crippen LogP contribution in [0.3, 0.4) is 0 Å². The van der Waals surface area contributed by atoms with Gasteiger partial charge >= 0.3 is 6.18 Å². The Morgan fingerprint density at radius 2 is 1.94 bits per heavy atom. The van der Waals surface area contributed by atoms with Crippen LogP contribution < -0.4 is 11.2 Å². The number of nitrogens with one attached hydrogen (secondary N) is 1. The van der Waals surface area contributed by atoms with Crippen molar-refractivity contribution in [3.63, 3.8) is 0 Å². The second kappa shape index (κ2) is 4.62. The Morgan fingerprint density at radius 1 is 1.35 bits per heavy atom. The maximum Gasteiger partial charge on any atom is 0.418 e. The minimum atomic E-state index is -4.57. The number of anilines is 1. The lowest BCUT2D eigenvalue weighted by molar-refractivity contribution is -0.136. The van der Waals surface area contributed by atoms with Gasteiger partial charge in [0.05, 0.1) is 5.56 Å². The van der Waals surface area contributed by atoms with Gasteiger partial charge < -0.3 is 5.73 Å². The number of halogens is 3. The highest BCUT2D eigenvalue weighted by atomic mass is 19.4. The largest absolute Gasteiger partial charge is 0.418 e. The van der Waals surface area contributed by atoms with Gasteiger partial charge in [-0.15, -0.1) is 0 Å². The number of nitrogens with zero attached hydrogens (tertiary/aromatic N) is 1. The maximum absolute atomic E-state index is 12.5. The summed E-state index contributed by atoms with van der Waals surface area (Å²) in [4.78, 5) is 11.5. The number of rotatable bonds is 2. The van der Waals surface area contributed by atoms with E-state index < -0.39 is 23.3 Å². The highest BCUT2D eigenvalue weighted by Gasteiger charge is 2.33. The number of carbonyl (C=O) groups excluding carboxylic acids is 1. The summed E-state index contributed by atoms with van der Waals surface area (Å²) in [5.74, 6) is -0.625. The van der Waals surface area contributed by atoms with Gasteiger partial charge in [0.1, 0.15) is 0 Å². The van der Waals surface area contributed by atoms with E-state index in [9.17, 15) is 18.0 Å². The molecule has 0 aliphatic carbocycles. The first kappa shape index (κ1) is 13.3. The molecule has 0 heterocycles. The van der Waals surface area contributed by atoms with E-state index in [0.717, 1.165) is 12.1 Å². The lowest BCUT2D eigenvalue weighted by Crippen LogP contribution is -2.36. The molecule has 0 radical (unpaired) electrons. The maximum atomic E-state index is 12.5. The van der Waals surface area contributed by atoms with Gasteiger partial charge in [0.15, 0.2) is 0 Å². The molecule has 4 nitrogen and oxygen atoms in total. The minimum absolute atomic E-state index is 0.0970. The molecule has 0 aliphatic rings. The van der Waals surface area contributed by atoms with Gasteiger partial charge in [-0.2, -0.15) is 13.2 Å². The molecule has 0 aromatic heterocycles. The fourth-order valence-corrected chi connectivity index (χ4v) is 1.21. The molecule has 94 valence electrons. The highest BCUT2D eigenvalue weighted by Crippen LogP contribution is 2.33. The lowest BCUT2D eigenvalue weighted by atomic mass is 10.1. The molecule has 0 saturated carbocycles. The summed E-state index contributed by atoms with van der Waals surface area (Å²) >= 11 is 0. The first-order valence-electron chi connectivity index (χ1n) is 4.67. The Morgan fingerprint density at radius 3 is 2.41 bits per heavy atom. The minimum Gasteiger partial charge on any atom is -0.398 e. The number of hydrogen-bond donors (Lipinski definition) is 2. The van der Waals surface area contributed by atoms with Gasteiger partial charge in [-0.3, -0.25) is 10.2 Å². The zero-order chi connectivity index (χ0) is 13.2. The lowest BCUT2D eigenvalue weighted by Gasteiger charge is -2.14. The van der Waals surface area contributed by atoms with Crippen molar-refractivity contribution < 1.29 is 18.0 Å². The molecule has 0 atom stereocenters. The van der Waals surface area contributed by atoms with Crippen molar-refractivity contribution in [1.29, 1.82) is 0 Å². The third-order valence-electron chi connectivity index (χ3n) is 1.95. The molecule has 7 heteroatoms. The summed E-state index contributed by atoms with van der Waals surface area (Å²) in [6.45, 7) is 0. The van der Waals surface area contributed by atoms with Crippen molar-refractivity contribution in [2.24, 2.45) is 0 Å². The molecule has 0 unspecified atom stereocenters. The van der Waals surface area contributed by atoms with Gasteiger partial charge in [-0.25, -0.2) is 5.01 Å². The van der Waals surface area contributed by atoms with E-state index in [1.165, 1.54) is 11.1 Å². The van der Waals surface area contributed by atoms with Crippen molar-refractivity contribution in [3.05, 3.63) is 29.3 Å². The average molecular weight is 247 g/mol. The predicted octanol–water partition coefficient (Wildman–Crippen LogP) is 1.49. The van der Waals surface area contributed by atoms with Crippen molar-refractivity contribution in [2.45, 2.75) is 6.18 Å². The molecule has 0 bridgehead atoms. The normalized spacial score (nSPS) is 11.6. The zero-order valence-corrected chi connectivity index (χ0v) is 9.30. The van der Waals surface area contributed by atoms with E-state index in [0.29, 0.717) is 0 Å². The number of nitrogens with two attached hydrogens (primary N) is 1. The second-order valence-electron chi connectivity index (χ2n) is 3.64. The Kier molecular flexibility index (Phi) is 3.62. The van der Waals surface area contributed by atoms with Gasteiger partial charge in [0.2, 0.25) is 0 Å². The molecule has 3 N–H and O–H groups in total. The monoisotopic (exact) mass is 247 g/mol. The molecule has 1 amide bonds. The first-order valence-corrected chi connectivity index (χ1v) is 4.67. The standard InChI is InChI=1S/C10H12F3N3O/c1-16(2)15-9(17)6-3-4-8(14)7(5-6)10(11,12)13/h3-5H,14H2,1-2H3,(H,15,17). The fraction of sp³-hybridized carbons (Fsp3) is 0.300. The topological polar surface area (TPSA) is 58.4 Å². The van der Waals surface area contributed by atoms with Crippen molar-refractivity contribution in [3.8, 4) is 0 Å². The summed E-state index contributed by atoms with van der Waals surface area (Å²) in [5.41, 5.74) is 6.05. The molecule has 0 spiro atoms. The number of carbonyl (C=O) groups is 1. The SMILES string of the molecule is CN(C)NC(=O)c1ccc(N)c(C(F)(F)F)c1. The van der Waals surface area contributed by atoms with Crippen molar-refractivity contribution in [2.75, 3.05) is 19.8 Å². The molecule has 1 rings (SSSR count). The molecule has 0 saturated heterocycles. The molecule has 1 aromatic rings. The second-order valence-corrected chi connectivity index (χ2v) is 3.64. The molecular weight excluding hydrogens is 235 g/mol. The summed E-state index contributed by atoms with van der Waals surface area (Å²) in [6.07, 6.45) is -4.57. The predicted molar refractivity (Wildman–Crippen MR) is 57.0 cm³/mol. The summed E-state index contributed by atoms with van der Waals surface area (Å²) in [6, 6.07) is 3.03. The quantitative estimate of drug-likeness (QED) is 0.615. The van der Waals surface area contributed by atoms with Crippen LogP contribution in [0, 0.1) is 0 Å². The summed E-state index contributed by atoms with van der Waals surface area (Å²) in [7, 11) is 3.11. The van der Waals surface area contributed by atoms with Crippen LogP contribution in [0.15, 0.2) is 18.2 Å². The molecular formula is C10H12F3N3O.